The van der Waals surface area contributed by atoms with Gasteiger partial charge in [0.1, 0.15) is 5.92 Å². The predicted molar refractivity (Wildman–Crippen MR) is 70.6 cm³/mol. The van der Waals surface area contributed by atoms with Crippen molar-refractivity contribution >= 4 is 11.9 Å². The predicted octanol–water partition coefficient (Wildman–Crippen LogP) is 0.308. The van der Waals surface area contributed by atoms with Gasteiger partial charge >= 0.3 is 5.97 Å². The number of ether oxygens (including phenoxy) is 1. The van der Waals surface area contributed by atoms with E-state index < -0.39 is 24.0 Å². The second-order valence-electron chi connectivity index (χ2n) is 5.09. The number of hydrogen-bond acceptors (Lipinski definition) is 4. The van der Waals surface area contributed by atoms with Crippen LogP contribution in [0.15, 0.2) is 0 Å². The molecule has 1 aliphatic heterocycles. The number of likely N-dealkylation sites (N-methyl/N-ethyl adjacent to an activating group) is 1. The van der Waals surface area contributed by atoms with E-state index in [4.69, 9.17) is 15.6 Å². The molecule has 6 nitrogen and oxygen atoms in total. The lowest BCUT2D eigenvalue weighted by molar-refractivity contribution is -0.145. The van der Waals surface area contributed by atoms with Gasteiger partial charge in [0.2, 0.25) is 5.91 Å². The van der Waals surface area contributed by atoms with E-state index in [1.54, 1.807) is 4.90 Å². The Bertz CT molecular complexity index is 335. The minimum Gasteiger partial charge on any atom is -0.481 e. The normalized spacial score (nSPS) is 25.9. The number of aliphatic carboxylic acids is 1. The highest BCUT2D eigenvalue weighted by molar-refractivity contribution is 5.83. The Morgan fingerprint density at radius 1 is 1.42 bits per heavy atom. The molecule has 0 aromatic heterocycles. The molecule has 0 spiro atoms. The largest absolute Gasteiger partial charge is 0.481 e. The van der Waals surface area contributed by atoms with E-state index in [-0.39, 0.29) is 25.0 Å². The van der Waals surface area contributed by atoms with E-state index in [0.717, 1.165) is 6.42 Å². The first kappa shape index (κ1) is 15.9. The summed E-state index contributed by atoms with van der Waals surface area (Å²) in [5.74, 6) is -1.69. The van der Waals surface area contributed by atoms with Crippen LogP contribution in [0.4, 0.5) is 0 Å². The number of carbonyl (C=O) groups is 2. The standard InChI is InChI=1S/C13H24N2O4/c1-4-8(3)11(14)12(16)15(5-2)10-7-19-6-9(10)13(17)18/h8-11H,4-7,14H2,1-3H3,(H,17,18). The summed E-state index contributed by atoms with van der Waals surface area (Å²) in [6.07, 6.45) is 0.813. The maximum absolute atomic E-state index is 12.4. The first-order chi connectivity index (χ1) is 8.93. The van der Waals surface area contributed by atoms with Gasteiger partial charge in [-0.25, -0.2) is 0 Å². The first-order valence-electron chi connectivity index (χ1n) is 6.80. The summed E-state index contributed by atoms with van der Waals surface area (Å²) in [5, 5.41) is 9.15. The van der Waals surface area contributed by atoms with Crippen molar-refractivity contribution in [3.05, 3.63) is 0 Å². The molecule has 0 aromatic carbocycles. The van der Waals surface area contributed by atoms with Crippen molar-refractivity contribution < 1.29 is 19.4 Å². The highest BCUT2D eigenvalue weighted by Crippen LogP contribution is 2.22. The Morgan fingerprint density at radius 3 is 2.53 bits per heavy atom. The Hall–Kier alpha value is -1.14. The zero-order valence-electron chi connectivity index (χ0n) is 11.8. The summed E-state index contributed by atoms with van der Waals surface area (Å²) in [5.41, 5.74) is 5.96. The minimum absolute atomic E-state index is 0.0761. The Balaban J connectivity index is 2.82. The number of hydrogen-bond donors (Lipinski definition) is 2. The molecule has 0 saturated carbocycles. The molecule has 1 saturated heterocycles. The molecule has 0 radical (unpaired) electrons. The fourth-order valence-corrected chi connectivity index (χ4v) is 2.33. The van der Waals surface area contributed by atoms with Crippen LogP contribution in [-0.4, -0.2) is 53.7 Å². The van der Waals surface area contributed by atoms with Gasteiger partial charge in [-0.05, 0) is 12.8 Å². The molecule has 110 valence electrons. The zero-order chi connectivity index (χ0) is 14.6. The number of carboxylic acid groups (broad SMARTS) is 1. The molecule has 1 heterocycles. The molecular formula is C13H24N2O4. The maximum Gasteiger partial charge on any atom is 0.311 e. The molecule has 19 heavy (non-hydrogen) atoms. The lowest BCUT2D eigenvalue weighted by atomic mass is 9.96. The number of carbonyl (C=O) groups excluding carboxylic acids is 1. The molecule has 0 aliphatic carbocycles. The smallest absolute Gasteiger partial charge is 0.311 e. The van der Waals surface area contributed by atoms with Crippen molar-refractivity contribution in [2.45, 2.75) is 39.3 Å². The number of rotatable bonds is 6. The molecule has 1 amide bonds. The van der Waals surface area contributed by atoms with E-state index in [1.165, 1.54) is 0 Å². The van der Waals surface area contributed by atoms with E-state index in [1.807, 2.05) is 20.8 Å². The van der Waals surface area contributed by atoms with Crippen molar-refractivity contribution in [1.29, 1.82) is 0 Å². The zero-order valence-corrected chi connectivity index (χ0v) is 11.8. The molecule has 6 heteroatoms. The van der Waals surface area contributed by atoms with E-state index in [9.17, 15) is 9.59 Å². The van der Waals surface area contributed by atoms with Crippen molar-refractivity contribution in [3.8, 4) is 0 Å². The van der Waals surface area contributed by atoms with E-state index in [0.29, 0.717) is 6.54 Å². The third-order valence-corrected chi connectivity index (χ3v) is 3.93. The molecule has 0 aromatic rings. The van der Waals surface area contributed by atoms with Crippen LogP contribution in [0.1, 0.15) is 27.2 Å². The molecule has 1 aliphatic rings. The van der Waals surface area contributed by atoms with E-state index in [2.05, 4.69) is 0 Å². The Labute approximate surface area is 113 Å². The van der Waals surface area contributed by atoms with E-state index >= 15 is 0 Å². The van der Waals surface area contributed by atoms with Crippen LogP contribution in [0, 0.1) is 11.8 Å². The van der Waals surface area contributed by atoms with Crippen LogP contribution in [0.25, 0.3) is 0 Å². The summed E-state index contributed by atoms with van der Waals surface area (Å²) in [6, 6.07) is -0.995. The van der Waals surface area contributed by atoms with Crippen LogP contribution in [-0.2, 0) is 14.3 Å². The number of nitrogens with two attached hydrogens (primary N) is 1. The highest BCUT2D eigenvalue weighted by atomic mass is 16.5. The lowest BCUT2D eigenvalue weighted by Crippen LogP contribution is -2.53. The summed E-state index contributed by atoms with van der Waals surface area (Å²) < 4.78 is 5.21. The second-order valence-corrected chi connectivity index (χ2v) is 5.09. The lowest BCUT2D eigenvalue weighted by Gasteiger charge is -2.32. The molecule has 0 bridgehead atoms. The first-order valence-corrected chi connectivity index (χ1v) is 6.80. The van der Waals surface area contributed by atoms with Gasteiger partial charge < -0.3 is 20.5 Å². The summed E-state index contributed by atoms with van der Waals surface area (Å²) in [7, 11) is 0. The quantitative estimate of drug-likeness (QED) is 0.726. The highest BCUT2D eigenvalue weighted by Gasteiger charge is 2.40. The molecular weight excluding hydrogens is 248 g/mol. The van der Waals surface area contributed by atoms with Gasteiger partial charge in [0.15, 0.2) is 0 Å². The van der Waals surface area contributed by atoms with Crippen molar-refractivity contribution in [2.75, 3.05) is 19.8 Å². The second kappa shape index (κ2) is 6.86. The average molecular weight is 272 g/mol. The van der Waals surface area contributed by atoms with Crippen LogP contribution < -0.4 is 5.73 Å². The van der Waals surface area contributed by atoms with Gasteiger partial charge in [0.25, 0.3) is 0 Å². The molecule has 4 unspecified atom stereocenters. The van der Waals surface area contributed by atoms with Crippen molar-refractivity contribution in [3.63, 3.8) is 0 Å². The van der Waals surface area contributed by atoms with Gasteiger partial charge in [-0.1, -0.05) is 20.3 Å². The van der Waals surface area contributed by atoms with Crippen LogP contribution in [0.2, 0.25) is 0 Å². The van der Waals surface area contributed by atoms with Gasteiger partial charge in [-0.3, -0.25) is 9.59 Å². The molecule has 1 fully saturated rings. The number of carboxylic acids is 1. The summed E-state index contributed by atoms with van der Waals surface area (Å²) in [4.78, 5) is 25.1. The van der Waals surface area contributed by atoms with Crippen molar-refractivity contribution in [2.24, 2.45) is 17.6 Å². The topological polar surface area (TPSA) is 92.9 Å². The fraction of sp³-hybridized carbons (Fsp3) is 0.846. The van der Waals surface area contributed by atoms with Gasteiger partial charge in [0.05, 0.1) is 25.3 Å². The number of nitrogens with zero attached hydrogens (tertiary/aromatic N) is 1. The molecule has 3 N–H and O–H groups in total. The average Bonchev–Trinajstić information content (AvgIpc) is 2.87. The third-order valence-electron chi connectivity index (χ3n) is 3.93. The van der Waals surface area contributed by atoms with Crippen molar-refractivity contribution in [1.82, 2.24) is 4.90 Å². The third kappa shape index (κ3) is 3.45. The SMILES string of the molecule is CCC(C)C(N)C(=O)N(CC)C1COCC1C(=O)O. The van der Waals surface area contributed by atoms with Gasteiger partial charge in [-0.15, -0.1) is 0 Å². The van der Waals surface area contributed by atoms with Gasteiger partial charge in [0, 0.05) is 6.54 Å². The summed E-state index contributed by atoms with van der Waals surface area (Å²) in [6.45, 7) is 6.61. The van der Waals surface area contributed by atoms with Crippen LogP contribution in [0.3, 0.4) is 0 Å². The molecule has 1 rings (SSSR count). The Kier molecular flexibility index (Phi) is 5.75. The Morgan fingerprint density at radius 2 is 2.05 bits per heavy atom. The monoisotopic (exact) mass is 272 g/mol. The van der Waals surface area contributed by atoms with Crippen LogP contribution >= 0.6 is 0 Å². The van der Waals surface area contributed by atoms with Gasteiger partial charge in [-0.2, -0.15) is 0 Å². The minimum atomic E-state index is -0.925. The fourth-order valence-electron chi connectivity index (χ4n) is 2.33. The summed E-state index contributed by atoms with van der Waals surface area (Å²) >= 11 is 0. The van der Waals surface area contributed by atoms with Crippen LogP contribution in [0.5, 0.6) is 0 Å². The number of amides is 1. The maximum atomic E-state index is 12.4. The molecule has 4 atom stereocenters.